The van der Waals surface area contributed by atoms with Crippen LogP contribution in [-0.2, 0) is 0 Å². The Balaban J connectivity index is 2.41. The van der Waals surface area contributed by atoms with Crippen LogP contribution in [0.3, 0.4) is 0 Å². The summed E-state index contributed by atoms with van der Waals surface area (Å²) in [6.45, 7) is 0. The summed E-state index contributed by atoms with van der Waals surface area (Å²) in [6, 6.07) is 7.88. The first-order valence-electron chi connectivity index (χ1n) is 4.88. The van der Waals surface area contributed by atoms with Crippen LogP contribution in [0.1, 0.15) is 5.56 Å². The van der Waals surface area contributed by atoms with E-state index in [0.717, 1.165) is 4.47 Å². The van der Waals surface area contributed by atoms with Crippen molar-refractivity contribution in [1.82, 2.24) is 4.98 Å². The minimum absolute atomic E-state index is 0.166. The molecular weight excluding hydrogens is 321 g/mol. The predicted molar refractivity (Wildman–Crippen MR) is 71.3 cm³/mol. The van der Waals surface area contributed by atoms with E-state index in [4.69, 9.17) is 16.9 Å². The van der Waals surface area contributed by atoms with E-state index in [1.54, 1.807) is 12.1 Å². The molecule has 2 rings (SSSR count). The van der Waals surface area contributed by atoms with Crippen LogP contribution in [0.15, 0.2) is 34.9 Å². The number of anilines is 2. The molecule has 90 valence electrons. The van der Waals surface area contributed by atoms with Crippen molar-refractivity contribution >= 4 is 39.0 Å². The minimum atomic E-state index is -0.432. The van der Waals surface area contributed by atoms with E-state index in [2.05, 4.69) is 26.2 Å². The monoisotopic (exact) mass is 325 g/mol. The molecule has 0 saturated carbocycles. The van der Waals surface area contributed by atoms with Gasteiger partial charge in [0, 0.05) is 10.7 Å². The van der Waals surface area contributed by atoms with Gasteiger partial charge in [-0.2, -0.15) is 5.26 Å². The number of aromatic nitrogens is 1. The van der Waals surface area contributed by atoms with Crippen molar-refractivity contribution in [2.45, 2.75) is 0 Å². The molecule has 0 atom stereocenters. The summed E-state index contributed by atoms with van der Waals surface area (Å²) in [5, 5.41) is 11.8. The summed E-state index contributed by atoms with van der Waals surface area (Å²) >= 11 is 9.21. The summed E-state index contributed by atoms with van der Waals surface area (Å²) in [5.74, 6) is -0.189. The molecule has 0 bridgehead atoms. The van der Waals surface area contributed by atoms with Crippen molar-refractivity contribution in [3.05, 3.63) is 51.3 Å². The normalized spacial score (nSPS) is 9.89. The van der Waals surface area contributed by atoms with Crippen molar-refractivity contribution in [2.75, 3.05) is 5.32 Å². The number of benzene rings is 1. The molecule has 1 N–H and O–H groups in total. The van der Waals surface area contributed by atoms with Gasteiger partial charge in [-0.25, -0.2) is 9.37 Å². The first kappa shape index (κ1) is 12.8. The fourth-order valence-electron chi connectivity index (χ4n) is 1.34. The second-order valence-electron chi connectivity index (χ2n) is 3.38. The molecule has 0 fully saturated rings. The summed E-state index contributed by atoms with van der Waals surface area (Å²) in [4.78, 5) is 3.98. The van der Waals surface area contributed by atoms with Gasteiger partial charge in [0.1, 0.15) is 16.9 Å². The van der Waals surface area contributed by atoms with E-state index in [-0.39, 0.29) is 22.1 Å². The van der Waals surface area contributed by atoms with E-state index in [1.807, 2.05) is 6.07 Å². The predicted octanol–water partition coefficient (Wildman–Crippen LogP) is 4.25. The Morgan fingerprint density at radius 2 is 2.17 bits per heavy atom. The lowest BCUT2D eigenvalue weighted by atomic mass is 10.2. The van der Waals surface area contributed by atoms with Gasteiger partial charge in [0.05, 0.1) is 11.3 Å². The van der Waals surface area contributed by atoms with Gasteiger partial charge in [-0.15, -0.1) is 0 Å². The highest BCUT2D eigenvalue weighted by Gasteiger charge is 2.10. The number of nitrogens with one attached hydrogen (secondary N) is 1. The van der Waals surface area contributed by atoms with Gasteiger partial charge in [-0.1, -0.05) is 27.5 Å². The largest absolute Gasteiger partial charge is 0.337 e. The van der Waals surface area contributed by atoms with E-state index in [1.165, 1.54) is 18.3 Å². The number of pyridine rings is 1. The molecule has 0 spiro atoms. The SMILES string of the molecule is N#Cc1ccnc(Nc2cc(Br)ccc2F)c1Cl. The van der Waals surface area contributed by atoms with Gasteiger partial charge < -0.3 is 5.32 Å². The van der Waals surface area contributed by atoms with Crippen LogP contribution in [0, 0.1) is 17.1 Å². The molecule has 18 heavy (non-hydrogen) atoms. The lowest BCUT2D eigenvalue weighted by molar-refractivity contribution is 0.631. The maximum Gasteiger partial charge on any atom is 0.150 e. The quantitative estimate of drug-likeness (QED) is 0.897. The third kappa shape index (κ3) is 2.61. The Kier molecular flexibility index (Phi) is 3.80. The first-order chi connectivity index (χ1) is 8.61. The second-order valence-corrected chi connectivity index (χ2v) is 4.68. The lowest BCUT2D eigenvalue weighted by Crippen LogP contribution is -1.98. The molecular formula is C12H6BrClFN3. The molecule has 0 aliphatic heterocycles. The zero-order valence-electron chi connectivity index (χ0n) is 8.92. The van der Waals surface area contributed by atoms with Gasteiger partial charge in [0.15, 0.2) is 5.82 Å². The van der Waals surface area contributed by atoms with Crippen LogP contribution in [-0.4, -0.2) is 4.98 Å². The van der Waals surface area contributed by atoms with Crippen LogP contribution in [0.4, 0.5) is 15.9 Å². The fourth-order valence-corrected chi connectivity index (χ4v) is 1.90. The smallest absolute Gasteiger partial charge is 0.150 e. The molecule has 6 heteroatoms. The maximum atomic E-state index is 13.6. The number of hydrogen-bond donors (Lipinski definition) is 1. The lowest BCUT2D eigenvalue weighted by Gasteiger charge is -2.09. The fraction of sp³-hybridized carbons (Fsp3) is 0. The molecule has 0 saturated heterocycles. The van der Waals surface area contributed by atoms with Crippen molar-refractivity contribution in [1.29, 1.82) is 5.26 Å². The highest BCUT2D eigenvalue weighted by molar-refractivity contribution is 9.10. The van der Waals surface area contributed by atoms with Crippen LogP contribution >= 0.6 is 27.5 Å². The number of rotatable bonds is 2. The maximum absolute atomic E-state index is 13.6. The molecule has 1 aromatic heterocycles. The number of nitriles is 1. The number of nitrogens with zero attached hydrogens (tertiary/aromatic N) is 2. The Bertz CT molecular complexity index is 640. The highest BCUT2D eigenvalue weighted by Crippen LogP contribution is 2.28. The zero-order valence-corrected chi connectivity index (χ0v) is 11.3. The minimum Gasteiger partial charge on any atom is -0.337 e. The summed E-state index contributed by atoms with van der Waals surface area (Å²) in [5.41, 5.74) is 0.512. The molecule has 0 aliphatic carbocycles. The second kappa shape index (κ2) is 5.34. The van der Waals surface area contributed by atoms with Crippen molar-refractivity contribution in [3.8, 4) is 6.07 Å². The zero-order chi connectivity index (χ0) is 13.1. The molecule has 1 aromatic carbocycles. The Morgan fingerprint density at radius 3 is 2.89 bits per heavy atom. The Labute approximate surface area is 116 Å². The van der Waals surface area contributed by atoms with Gasteiger partial charge in [-0.05, 0) is 24.3 Å². The van der Waals surface area contributed by atoms with Gasteiger partial charge in [0.2, 0.25) is 0 Å². The topological polar surface area (TPSA) is 48.7 Å². The van der Waals surface area contributed by atoms with E-state index in [0.29, 0.717) is 0 Å². The van der Waals surface area contributed by atoms with Crippen LogP contribution in [0.5, 0.6) is 0 Å². The van der Waals surface area contributed by atoms with Crippen molar-refractivity contribution in [2.24, 2.45) is 0 Å². The summed E-state index contributed by atoms with van der Waals surface area (Å²) in [7, 11) is 0. The van der Waals surface area contributed by atoms with Crippen LogP contribution in [0.25, 0.3) is 0 Å². The third-order valence-electron chi connectivity index (χ3n) is 2.19. The van der Waals surface area contributed by atoms with Crippen LogP contribution in [0.2, 0.25) is 5.02 Å². The van der Waals surface area contributed by atoms with Gasteiger partial charge in [-0.3, -0.25) is 0 Å². The average molecular weight is 327 g/mol. The Hall–Kier alpha value is -1.64. The van der Waals surface area contributed by atoms with Gasteiger partial charge in [0.25, 0.3) is 0 Å². The highest BCUT2D eigenvalue weighted by atomic mass is 79.9. The standard InChI is InChI=1S/C12H6BrClFN3/c13-8-1-2-9(15)10(5-8)18-12-11(14)7(6-16)3-4-17-12/h1-5H,(H,17,18). The van der Waals surface area contributed by atoms with Crippen molar-refractivity contribution < 1.29 is 4.39 Å². The first-order valence-corrected chi connectivity index (χ1v) is 6.05. The molecule has 0 radical (unpaired) electrons. The summed E-state index contributed by atoms with van der Waals surface area (Å²) < 4.78 is 14.3. The molecule has 0 aliphatic rings. The molecule has 1 heterocycles. The molecule has 0 amide bonds. The number of hydrogen-bond acceptors (Lipinski definition) is 3. The average Bonchev–Trinajstić information content (AvgIpc) is 2.36. The molecule has 0 unspecified atom stereocenters. The van der Waals surface area contributed by atoms with Crippen LogP contribution < -0.4 is 5.32 Å². The Morgan fingerprint density at radius 1 is 1.39 bits per heavy atom. The van der Waals surface area contributed by atoms with Gasteiger partial charge >= 0.3 is 0 Å². The molecule has 2 aromatic rings. The number of halogens is 3. The molecule has 3 nitrogen and oxygen atoms in total. The third-order valence-corrected chi connectivity index (χ3v) is 3.07. The summed E-state index contributed by atoms with van der Waals surface area (Å²) in [6.07, 6.45) is 1.43. The van der Waals surface area contributed by atoms with E-state index < -0.39 is 5.82 Å². The van der Waals surface area contributed by atoms with E-state index >= 15 is 0 Å². The van der Waals surface area contributed by atoms with Crippen molar-refractivity contribution in [3.63, 3.8) is 0 Å². The van der Waals surface area contributed by atoms with E-state index in [9.17, 15) is 4.39 Å².